The normalized spacial score (nSPS) is 11.0. The Morgan fingerprint density at radius 2 is 1.43 bits per heavy atom. The van der Waals surface area contributed by atoms with Crippen LogP contribution in [0.5, 0.6) is 0 Å². The van der Waals surface area contributed by atoms with Crippen molar-refractivity contribution >= 4 is 29.2 Å². The number of nitrogens with zero attached hydrogens (tertiary/aromatic N) is 6. The van der Waals surface area contributed by atoms with Gasteiger partial charge in [0, 0.05) is 11.1 Å². The minimum Gasteiger partial charge on any atom is -0.392 e. The molecule has 182 valence electrons. The Balaban J connectivity index is 1.43. The van der Waals surface area contributed by atoms with E-state index in [1.807, 2.05) is 0 Å². The van der Waals surface area contributed by atoms with Crippen LogP contribution < -0.4 is 10.6 Å². The summed E-state index contributed by atoms with van der Waals surface area (Å²) < 4.78 is 16.9. The number of benzene rings is 2. The van der Waals surface area contributed by atoms with Crippen LogP contribution in [0.25, 0.3) is 11.4 Å². The Labute approximate surface area is 209 Å². The average Bonchev–Trinajstić information content (AvgIpc) is 3.40. The maximum Gasteiger partial charge on any atom is 0.315 e. The average molecular weight is 519 g/mol. The fraction of sp³-hybridized carbons (Fsp3) is 0.227. The second-order valence-electron chi connectivity index (χ2n) is 7.54. The third-order valence-electron chi connectivity index (χ3n) is 4.97. The fourth-order valence-electron chi connectivity index (χ4n) is 3.37. The van der Waals surface area contributed by atoms with Crippen LogP contribution in [0.15, 0.2) is 36.4 Å². The van der Waals surface area contributed by atoms with Gasteiger partial charge in [0.15, 0.2) is 11.6 Å². The molecule has 0 fully saturated rings. The summed E-state index contributed by atoms with van der Waals surface area (Å²) in [6.07, 6.45) is 0. The molecular weight excluding hydrogens is 498 g/mol. The van der Waals surface area contributed by atoms with Gasteiger partial charge in [0.05, 0.1) is 36.1 Å². The number of aryl methyl sites for hydroxylation is 2. The molecule has 2 aromatic heterocycles. The molecule has 35 heavy (non-hydrogen) atoms. The van der Waals surface area contributed by atoms with Gasteiger partial charge in [-0.1, -0.05) is 23.2 Å². The van der Waals surface area contributed by atoms with E-state index in [0.717, 1.165) is 0 Å². The van der Waals surface area contributed by atoms with E-state index in [9.17, 15) is 14.3 Å². The molecule has 0 aliphatic carbocycles. The van der Waals surface area contributed by atoms with Crippen LogP contribution in [0, 0.1) is 19.7 Å². The van der Waals surface area contributed by atoms with Crippen molar-refractivity contribution in [1.29, 1.82) is 0 Å². The molecule has 0 atom stereocenters. The third kappa shape index (κ3) is 5.59. The van der Waals surface area contributed by atoms with Crippen molar-refractivity contribution in [2.24, 2.45) is 0 Å². The van der Waals surface area contributed by atoms with Crippen molar-refractivity contribution in [3.63, 3.8) is 0 Å². The van der Waals surface area contributed by atoms with Gasteiger partial charge >= 0.3 is 6.03 Å². The minimum absolute atomic E-state index is 0.00101. The van der Waals surface area contributed by atoms with E-state index >= 15 is 0 Å². The standard InChI is InChI=1S/C22H21Cl2FN8O2/c1-12-28-20(32(30-12)15-3-5-17(23)14(7-15)11-34)9-26-22(35)27-10-21-29-13(2)31-33(21)16-4-6-18(24)19(25)8-16/h3-8,34H,9-11H2,1-2H3,(H2,26,27,35). The lowest BCUT2D eigenvalue weighted by atomic mass is 10.2. The molecule has 0 spiro atoms. The lowest BCUT2D eigenvalue weighted by Gasteiger charge is -2.11. The number of amides is 2. The number of carbonyl (C=O) groups excluding carboxylic acids is 1. The summed E-state index contributed by atoms with van der Waals surface area (Å²) in [5, 5.41) is 24.0. The fourth-order valence-corrected chi connectivity index (χ4v) is 3.67. The van der Waals surface area contributed by atoms with Crippen LogP contribution in [-0.2, 0) is 19.7 Å². The topological polar surface area (TPSA) is 123 Å². The molecule has 2 heterocycles. The number of aliphatic hydroxyl groups is 1. The van der Waals surface area contributed by atoms with Crippen molar-refractivity contribution in [1.82, 2.24) is 40.2 Å². The number of halogens is 3. The van der Waals surface area contributed by atoms with Crippen LogP contribution in [0.2, 0.25) is 10.0 Å². The summed E-state index contributed by atoms with van der Waals surface area (Å²) in [6, 6.07) is 8.91. The molecule has 0 saturated carbocycles. The predicted molar refractivity (Wildman–Crippen MR) is 127 cm³/mol. The summed E-state index contributed by atoms with van der Waals surface area (Å²) in [4.78, 5) is 21.2. The van der Waals surface area contributed by atoms with Crippen molar-refractivity contribution < 1.29 is 14.3 Å². The van der Waals surface area contributed by atoms with Gasteiger partial charge < -0.3 is 15.7 Å². The van der Waals surface area contributed by atoms with Gasteiger partial charge in [0.2, 0.25) is 0 Å². The van der Waals surface area contributed by atoms with Crippen LogP contribution in [0.1, 0.15) is 28.9 Å². The monoisotopic (exact) mass is 518 g/mol. The molecule has 0 unspecified atom stereocenters. The maximum absolute atomic E-state index is 13.9. The van der Waals surface area contributed by atoms with E-state index in [0.29, 0.717) is 45.3 Å². The highest BCUT2D eigenvalue weighted by atomic mass is 35.5. The summed E-state index contributed by atoms with van der Waals surface area (Å²) in [5.74, 6) is 1.30. The molecule has 0 bridgehead atoms. The molecule has 4 rings (SSSR count). The molecule has 2 aromatic carbocycles. The van der Waals surface area contributed by atoms with E-state index in [2.05, 4.69) is 30.8 Å². The molecule has 0 aliphatic rings. The van der Waals surface area contributed by atoms with Crippen LogP contribution in [0.3, 0.4) is 0 Å². The zero-order valence-corrected chi connectivity index (χ0v) is 20.3. The van der Waals surface area contributed by atoms with Gasteiger partial charge in [-0.25, -0.2) is 28.5 Å². The van der Waals surface area contributed by atoms with Crippen LogP contribution in [-0.4, -0.2) is 40.7 Å². The number of rotatable bonds is 7. The van der Waals surface area contributed by atoms with Crippen molar-refractivity contribution in [3.8, 4) is 11.4 Å². The number of carbonyl (C=O) groups is 1. The second kappa shape index (κ2) is 10.4. The Morgan fingerprint density at radius 3 is 1.94 bits per heavy atom. The van der Waals surface area contributed by atoms with Gasteiger partial charge in [-0.15, -0.1) is 0 Å². The van der Waals surface area contributed by atoms with Gasteiger partial charge in [-0.2, -0.15) is 10.2 Å². The first kappa shape index (κ1) is 24.6. The highest BCUT2D eigenvalue weighted by Gasteiger charge is 2.15. The van der Waals surface area contributed by atoms with Crippen molar-refractivity contribution in [2.75, 3.05) is 0 Å². The zero-order chi connectivity index (χ0) is 25.1. The Morgan fingerprint density at radius 1 is 0.914 bits per heavy atom. The smallest absolute Gasteiger partial charge is 0.315 e. The summed E-state index contributed by atoms with van der Waals surface area (Å²) in [7, 11) is 0. The number of aromatic nitrogens is 6. The number of nitrogens with one attached hydrogen (secondary N) is 2. The SMILES string of the molecule is Cc1nc(CNC(=O)NCc2nc(C)nn2-c2ccc(Cl)c(CO)c2)n(-c2ccc(Cl)c(F)c2)n1. The summed E-state index contributed by atoms with van der Waals surface area (Å²) >= 11 is 11.8. The third-order valence-corrected chi connectivity index (χ3v) is 5.64. The number of urea groups is 1. The highest BCUT2D eigenvalue weighted by molar-refractivity contribution is 6.31. The molecular formula is C22H21Cl2FN8O2. The van der Waals surface area contributed by atoms with E-state index in [4.69, 9.17) is 23.2 Å². The molecule has 2 amide bonds. The molecule has 3 N–H and O–H groups in total. The molecule has 0 saturated heterocycles. The molecule has 13 heteroatoms. The number of aliphatic hydroxyl groups excluding tert-OH is 1. The minimum atomic E-state index is -0.583. The first-order chi connectivity index (χ1) is 16.7. The van der Waals surface area contributed by atoms with E-state index in [-0.39, 0.29) is 24.7 Å². The van der Waals surface area contributed by atoms with E-state index in [1.165, 1.54) is 16.8 Å². The Bertz CT molecular complexity index is 1390. The number of hydrogen-bond donors (Lipinski definition) is 3. The first-order valence-electron chi connectivity index (χ1n) is 10.5. The maximum atomic E-state index is 13.9. The van der Waals surface area contributed by atoms with Crippen LogP contribution in [0.4, 0.5) is 9.18 Å². The molecule has 0 aliphatic heterocycles. The quantitative estimate of drug-likeness (QED) is 0.344. The largest absolute Gasteiger partial charge is 0.392 e. The molecule has 4 aromatic rings. The van der Waals surface area contributed by atoms with Crippen molar-refractivity contribution in [3.05, 3.63) is 81.1 Å². The predicted octanol–water partition coefficient (Wildman–Crippen LogP) is 3.40. The van der Waals surface area contributed by atoms with Gasteiger partial charge in [0.25, 0.3) is 0 Å². The molecule has 0 radical (unpaired) electrons. The summed E-state index contributed by atoms with van der Waals surface area (Å²) in [6.45, 7) is 3.33. The van der Waals surface area contributed by atoms with E-state index < -0.39 is 11.8 Å². The van der Waals surface area contributed by atoms with Crippen LogP contribution >= 0.6 is 23.2 Å². The first-order valence-corrected chi connectivity index (χ1v) is 11.2. The van der Waals surface area contributed by atoms with Gasteiger partial charge in [-0.05, 0) is 49.7 Å². The highest BCUT2D eigenvalue weighted by Crippen LogP contribution is 2.21. The Kier molecular flexibility index (Phi) is 7.29. The zero-order valence-electron chi connectivity index (χ0n) is 18.8. The second-order valence-corrected chi connectivity index (χ2v) is 8.36. The number of hydrogen-bond acceptors (Lipinski definition) is 6. The van der Waals surface area contributed by atoms with Gasteiger partial charge in [0.1, 0.15) is 17.5 Å². The lowest BCUT2D eigenvalue weighted by Crippen LogP contribution is -2.36. The lowest BCUT2D eigenvalue weighted by molar-refractivity contribution is 0.239. The van der Waals surface area contributed by atoms with Gasteiger partial charge in [-0.3, -0.25) is 0 Å². The summed E-state index contributed by atoms with van der Waals surface area (Å²) in [5.41, 5.74) is 1.63. The van der Waals surface area contributed by atoms with E-state index in [1.54, 1.807) is 42.8 Å². The Hall–Kier alpha value is -3.54. The molecule has 10 nitrogen and oxygen atoms in total. The van der Waals surface area contributed by atoms with Crippen molar-refractivity contribution in [2.45, 2.75) is 33.5 Å².